The van der Waals surface area contributed by atoms with Gasteiger partial charge in [-0.2, -0.15) is 0 Å². The van der Waals surface area contributed by atoms with Gasteiger partial charge in [-0.15, -0.1) is 0 Å². The zero-order valence-corrected chi connectivity index (χ0v) is 14.1. The molecular formula is C17H20INO. The Bertz CT molecular complexity index is 539. The van der Waals surface area contributed by atoms with Gasteiger partial charge in [-0.1, -0.05) is 24.3 Å². The lowest BCUT2D eigenvalue weighted by molar-refractivity contribution is 0.414. The van der Waals surface area contributed by atoms with E-state index in [4.69, 9.17) is 4.74 Å². The molecule has 0 spiro atoms. The maximum Gasteiger partial charge on any atom is 0.119 e. The zero-order chi connectivity index (χ0) is 14.4. The van der Waals surface area contributed by atoms with Gasteiger partial charge in [0.25, 0.3) is 0 Å². The number of nitrogens with one attached hydrogen (secondary N) is 1. The zero-order valence-electron chi connectivity index (χ0n) is 11.9. The molecule has 0 saturated carbocycles. The van der Waals surface area contributed by atoms with E-state index in [2.05, 4.69) is 71.2 Å². The standard InChI is InChI=1S/C17H20INO/c1-13(15-6-8-16(18)9-7-15)19-11-10-14-4-3-5-17(12-14)20-2/h3-9,12-13,19H,10-11H2,1-2H3. The van der Waals surface area contributed by atoms with Crippen LogP contribution >= 0.6 is 22.6 Å². The highest BCUT2D eigenvalue weighted by molar-refractivity contribution is 14.1. The highest BCUT2D eigenvalue weighted by atomic mass is 127. The van der Waals surface area contributed by atoms with E-state index in [1.54, 1.807) is 7.11 Å². The van der Waals surface area contributed by atoms with Crippen molar-refractivity contribution in [2.45, 2.75) is 19.4 Å². The van der Waals surface area contributed by atoms with Gasteiger partial charge < -0.3 is 10.1 Å². The molecule has 0 aromatic heterocycles. The van der Waals surface area contributed by atoms with Crippen molar-refractivity contribution in [1.29, 1.82) is 0 Å². The van der Waals surface area contributed by atoms with Crippen molar-refractivity contribution < 1.29 is 4.74 Å². The molecule has 0 saturated heterocycles. The summed E-state index contributed by atoms with van der Waals surface area (Å²) in [4.78, 5) is 0. The van der Waals surface area contributed by atoms with Crippen LogP contribution in [0.5, 0.6) is 5.75 Å². The molecule has 1 unspecified atom stereocenters. The van der Waals surface area contributed by atoms with Crippen LogP contribution in [0.1, 0.15) is 24.1 Å². The van der Waals surface area contributed by atoms with Gasteiger partial charge >= 0.3 is 0 Å². The van der Waals surface area contributed by atoms with Gasteiger partial charge in [-0.3, -0.25) is 0 Å². The predicted molar refractivity (Wildman–Crippen MR) is 92.3 cm³/mol. The molecule has 2 nitrogen and oxygen atoms in total. The minimum atomic E-state index is 0.373. The fourth-order valence-electron chi connectivity index (χ4n) is 2.13. The summed E-state index contributed by atoms with van der Waals surface area (Å²) in [7, 11) is 1.70. The third kappa shape index (κ3) is 4.49. The summed E-state index contributed by atoms with van der Waals surface area (Å²) in [5, 5.41) is 3.56. The van der Waals surface area contributed by atoms with E-state index in [9.17, 15) is 0 Å². The van der Waals surface area contributed by atoms with Crippen LogP contribution in [0.25, 0.3) is 0 Å². The molecule has 1 atom stereocenters. The van der Waals surface area contributed by atoms with Crippen LogP contribution in [0.4, 0.5) is 0 Å². The summed E-state index contributed by atoms with van der Waals surface area (Å²) in [5.74, 6) is 0.924. The molecule has 20 heavy (non-hydrogen) atoms. The average Bonchev–Trinajstić information content (AvgIpc) is 2.48. The maximum absolute atomic E-state index is 5.24. The highest BCUT2D eigenvalue weighted by Gasteiger charge is 2.04. The van der Waals surface area contributed by atoms with Crippen molar-refractivity contribution in [2.75, 3.05) is 13.7 Å². The Hall–Kier alpha value is -1.07. The number of ether oxygens (including phenoxy) is 1. The van der Waals surface area contributed by atoms with E-state index in [-0.39, 0.29) is 0 Å². The SMILES string of the molecule is COc1cccc(CCNC(C)c2ccc(I)cc2)c1. The first kappa shape index (κ1) is 15.3. The Morgan fingerprint density at radius 1 is 1.15 bits per heavy atom. The van der Waals surface area contributed by atoms with Crippen molar-refractivity contribution in [3.8, 4) is 5.75 Å². The Labute approximate surface area is 134 Å². The third-order valence-electron chi connectivity index (χ3n) is 3.37. The molecule has 0 aliphatic heterocycles. The van der Waals surface area contributed by atoms with Crippen molar-refractivity contribution >= 4 is 22.6 Å². The summed E-state index contributed by atoms with van der Waals surface area (Å²) >= 11 is 2.33. The van der Waals surface area contributed by atoms with E-state index >= 15 is 0 Å². The van der Waals surface area contributed by atoms with E-state index in [0.717, 1.165) is 18.7 Å². The summed E-state index contributed by atoms with van der Waals surface area (Å²) in [6.45, 7) is 3.16. The van der Waals surface area contributed by atoms with E-state index in [1.165, 1.54) is 14.7 Å². The lowest BCUT2D eigenvalue weighted by atomic mass is 10.1. The second kappa shape index (κ2) is 7.64. The fourth-order valence-corrected chi connectivity index (χ4v) is 2.49. The number of rotatable bonds is 6. The number of methoxy groups -OCH3 is 1. The van der Waals surface area contributed by atoms with Gasteiger partial charge in [0, 0.05) is 9.61 Å². The molecule has 0 aliphatic carbocycles. The van der Waals surface area contributed by atoms with Crippen molar-refractivity contribution in [3.05, 3.63) is 63.2 Å². The highest BCUT2D eigenvalue weighted by Crippen LogP contribution is 2.15. The lowest BCUT2D eigenvalue weighted by Gasteiger charge is -2.14. The van der Waals surface area contributed by atoms with Crippen molar-refractivity contribution in [3.63, 3.8) is 0 Å². The Morgan fingerprint density at radius 3 is 2.60 bits per heavy atom. The van der Waals surface area contributed by atoms with Gasteiger partial charge in [0.1, 0.15) is 5.75 Å². The van der Waals surface area contributed by atoms with Crippen molar-refractivity contribution in [1.82, 2.24) is 5.32 Å². The molecular weight excluding hydrogens is 361 g/mol. The van der Waals surface area contributed by atoms with Gasteiger partial charge in [0.15, 0.2) is 0 Å². The number of hydrogen-bond donors (Lipinski definition) is 1. The monoisotopic (exact) mass is 381 g/mol. The fraction of sp³-hybridized carbons (Fsp3) is 0.294. The predicted octanol–water partition coefficient (Wildman–Crippen LogP) is 4.19. The molecule has 0 heterocycles. The van der Waals surface area contributed by atoms with Crippen LogP contribution in [0, 0.1) is 3.57 Å². The normalized spacial score (nSPS) is 12.2. The molecule has 2 aromatic carbocycles. The number of halogens is 1. The molecule has 2 rings (SSSR count). The van der Waals surface area contributed by atoms with Crippen LogP contribution < -0.4 is 10.1 Å². The van der Waals surface area contributed by atoms with E-state index in [1.807, 2.05) is 12.1 Å². The minimum Gasteiger partial charge on any atom is -0.497 e. The van der Waals surface area contributed by atoms with Crippen LogP contribution in [0.3, 0.4) is 0 Å². The largest absolute Gasteiger partial charge is 0.497 e. The molecule has 0 radical (unpaired) electrons. The lowest BCUT2D eigenvalue weighted by Crippen LogP contribution is -2.21. The first-order valence-electron chi connectivity index (χ1n) is 6.81. The molecule has 0 amide bonds. The first-order chi connectivity index (χ1) is 9.69. The van der Waals surface area contributed by atoms with Gasteiger partial charge in [0.05, 0.1) is 7.11 Å². The Balaban J connectivity index is 1.84. The second-order valence-electron chi connectivity index (χ2n) is 4.83. The molecule has 1 N–H and O–H groups in total. The second-order valence-corrected chi connectivity index (χ2v) is 6.07. The molecule has 0 bridgehead atoms. The summed E-state index contributed by atoms with van der Waals surface area (Å²) < 4.78 is 6.51. The van der Waals surface area contributed by atoms with E-state index in [0.29, 0.717) is 6.04 Å². The van der Waals surface area contributed by atoms with Crippen LogP contribution in [-0.4, -0.2) is 13.7 Å². The summed E-state index contributed by atoms with van der Waals surface area (Å²) in [6, 6.07) is 17.3. The third-order valence-corrected chi connectivity index (χ3v) is 4.09. The average molecular weight is 381 g/mol. The molecule has 2 aromatic rings. The van der Waals surface area contributed by atoms with Crippen molar-refractivity contribution in [2.24, 2.45) is 0 Å². The number of benzene rings is 2. The molecule has 0 fully saturated rings. The Morgan fingerprint density at radius 2 is 1.90 bits per heavy atom. The summed E-state index contributed by atoms with van der Waals surface area (Å²) in [5.41, 5.74) is 2.63. The molecule has 3 heteroatoms. The smallest absolute Gasteiger partial charge is 0.119 e. The number of hydrogen-bond acceptors (Lipinski definition) is 2. The van der Waals surface area contributed by atoms with Gasteiger partial charge in [0.2, 0.25) is 0 Å². The summed E-state index contributed by atoms with van der Waals surface area (Å²) in [6.07, 6.45) is 1.01. The van der Waals surface area contributed by atoms with Gasteiger partial charge in [-0.05, 0) is 77.9 Å². The topological polar surface area (TPSA) is 21.3 Å². The minimum absolute atomic E-state index is 0.373. The van der Waals surface area contributed by atoms with Crippen LogP contribution in [0.15, 0.2) is 48.5 Å². The molecule has 0 aliphatic rings. The molecule has 106 valence electrons. The first-order valence-corrected chi connectivity index (χ1v) is 7.88. The van der Waals surface area contributed by atoms with Crippen LogP contribution in [0.2, 0.25) is 0 Å². The maximum atomic E-state index is 5.24. The van der Waals surface area contributed by atoms with Crippen LogP contribution in [-0.2, 0) is 6.42 Å². The van der Waals surface area contributed by atoms with Gasteiger partial charge in [-0.25, -0.2) is 0 Å². The van der Waals surface area contributed by atoms with E-state index < -0.39 is 0 Å². The quantitative estimate of drug-likeness (QED) is 0.758. The Kier molecular flexibility index (Phi) is 5.86.